The Morgan fingerprint density at radius 2 is 2.00 bits per heavy atom. The molecule has 0 aliphatic carbocycles. The van der Waals surface area contributed by atoms with E-state index in [4.69, 9.17) is 9.47 Å². The molecule has 86 valence electrons. The zero-order chi connectivity index (χ0) is 11.8. The van der Waals surface area contributed by atoms with Gasteiger partial charge in [-0.2, -0.15) is 0 Å². The lowest BCUT2D eigenvalue weighted by atomic mass is 10.2. The van der Waals surface area contributed by atoms with Crippen LogP contribution in [0.25, 0.3) is 0 Å². The molecule has 16 heavy (non-hydrogen) atoms. The molecule has 3 heteroatoms. The molecule has 1 aromatic carbocycles. The van der Waals surface area contributed by atoms with Crippen molar-refractivity contribution in [2.75, 3.05) is 7.11 Å². The minimum atomic E-state index is -0.0125. The minimum absolute atomic E-state index is 0.0125. The molecule has 0 aliphatic rings. The van der Waals surface area contributed by atoms with Crippen molar-refractivity contribution in [1.29, 1.82) is 0 Å². The number of benzene rings is 1. The van der Waals surface area contributed by atoms with E-state index in [1.165, 1.54) is 0 Å². The van der Waals surface area contributed by atoms with Crippen LogP contribution in [0.1, 0.15) is 18.9 Å². The SMILES string of the molecule is CC[C@@H](C#CBr)OCc1ccc(OC)cc1. The zero-order valence-electron chi connectivity index (χ0n) is 9.50. The lowest BCUT2D eigenvalue weighted by Crippen LogP contribution is -2.08. The summed E-state index contributed by atoms with van der Waals surface area (Å²) in [5, 5.41) is 0. The third-order valence-electron chi connectivity index (χ3n) is 2.20. The van der Waals surface area contributed by atoms with E-state index < -0.39 is 0 Å². The predicted octanol–water partition coefficient (Wildman–Crippen LogP) is 3.35. The first-order chi connectivity index (χ1) is 7.80. The molecule has 0 radical (unpaired) electrons. The molecule has 0 spiro atoms. The minimum Gasteiger partial charge on any atom is -0.497 e. The van der Waals surface area contributed by atoms with Crippen LogP contribution in [-0.2, 0) is 11.3 Å². The quantitative estimate of drug-likeness (QED) is 0.772. The van der Waals surface area contributed by atoms with Crippen LogP contribution in [-0.4, -0.2) is 13.2 Å². The normalized spacial score (nSPS) is 11.4. The summed E-state index contributed by atoms with van der Waals surface area (Å²) in [6.45, 7) is 2.63. The summed E-state index contributed by atoms with van der Waals surface area (Å²) >= 11 is 3.08. The van der Waals surface area contributed by atoms with E-state index in [0.29, 0.717) is 6.61 Å². The highest BCUT2D eigenvalue weighted by atomic mass is 79.9. The average Bonchev–Trinajstić information content (AvgIpc) is 2.35. The zero-order valence-corrected chi connectivity index (χ0v) is 11.1. The van der Waals surface area contributed by atoms with E-state index in [1.54, 1.807) is 7.11 Å². The van der Waals surface area contributed by atoms with Crippen molar-refractivity contribution in [3.8, 4) is 16.5 Å². The van der Waals surface area contributed by atoms with Gasteiger partial charge in [-0.15, -0.1) is 0 Å². The van der Waals surface area contributed by atoms with E-state index in [9.17, 15) is 0 Å². The molecule has 0 amide bonds. The Kier molecular flexibility index (Phi) is 5.99. The molecule has 0 heterocycles. The molecular formula is C13H15BrO2. The first kappa shape index (κ1) is 13.1. The van der Waals surface area contributed by atoms with Gasteiger partial charge in [0.15, 0.2) is 0 Å². The Labute approximate surface area is 105 Å². The van der Waals surface area contributed by atoms with Crippen LogP contribution in [0.2, 0.25) is 0 Å². The average molecular weight is 283 g/mol. The molecule has 1 rings (SSSR count). The molecule has 2 nitrogen and oxygen atoms in total. The standard InChI is InChI=1S/C13H15BrO2/c1-3-12(8-9-14)16-10-11-4-6-13(15-2)7-5-11/h4-7,12H,3,10H2,1-2H3/t12-/m0/s1. The van der Waals surface area contributed by atoms with Crippen molar-refractivity contribution in [1.82, 2.24) is 0 Å². The fraction of sp³-hybridized carbons (Fsp3) is 0.385. The number of halogens is 1. The molecular weight excluding hydrogens is 268 g/mol. The molecule has 1 atom stereocenters. The summed E-state index contributed by atoms with van der Waals surface area (Å²) in [5.74, 6) is 3.80. The molecule has 0 N–H and O–H groups in total. The van der Waals surface area contributed by atoms with Crippen molar-refractivity contribution in [3.05, 3.63) is 29.8 Å². The van der Waals surface area contributed by atoms with Gasteiger partial charge >= 0.3 is 0 Å². The summed E-state index contributed by atoms with van der Waals surface area (Å²) in [7, 11) is 1.66. The van der Waals surface area contributed by atoms with Crippen LogP contribution in [0, 0.1) is 10.8 Å². The largest absolute Gasteiger partial charge is 0.497 e. The highest BCUT2D eigenvalue weighted by Gasteiger charge is 2.02. The molecule has 0 fully saturated rings. The number of rotatable bonds is 5. The van der Waals surface area contributed by atoms with Gasteiger partial charge in [-0.3, -0.25) is 0 Å². The molecule has 0 aromatic heterocycles. The Morgan fingerprint density at radius 3 is 2.50 bits per heavy atom. The fourth-order valence-electron chi connectivity index (χ4n) is 1.24. The van der Waals surface area contributed by atoms with E-state index in [1.807, 2.05) is 24.3 Å². The Morgan fingerprint density at radius 1 is 1.31 bits per heavy atom. The first-order valence-corrected chi connectivity index (χ1v) is 5.95. The number of ether oxygens (including phenoxy) is 2. The molecule has 0 aliphatic heterocycles. The van der Waals surface area contributed by atoms with Crippen LogP contribution in [0.5, 0.6) is 5.75 Å². The van der Waals surface area contributed by atoms with Crippen molar-refractivity contribution < 1.29 is 9.47 Å². The van der Waals surface area contributed by atoms with E-state index >= 15 is 0 Å². The van der Waals surface area contributed by atoms with Crippen molar-refractivity contribution in [2.45, 2.75) is 26.1 Å². The molecule has 0 saturated heterocycles. The van der Waals surface area contributed by atoms with Gasteiger partial charge in [0.2, 0.25) is 0 Å². The van der Waals surface area contributed by atoms with Gasteiger partial charge in [-0.25, -0.2) is 0 Å². The van der Waals surface area contributed by atoms with E-state index in [2.05, 4.69) is 33.6 Å². The number of hydrogen-bond acceptors (Lipinski definition) is 2. The Bertz CT molecular complexity index is 362. The second-order valence-electron chi connectivity index (χ2n) is 3.29. The maximum Gasteiger partial charge on any atom is 0.119 e. The fourth-order valence-corrected chi connectivity index (χ4v) is 1.50. The second-order valence-corrected chi connectivity index (χ2v) is 3.69. The lowest BCUT2D eigenvalue weighted by Gasteiger charge is -2.10. The van der Waals surface area contributed by atoms with Crippen molar-refractivity contribution >= 4 is 15.9 Å². The van der Waals surface area contributed by atoms with Crippen LogP contribution in [0.3, 0.4) is 0 Å². The summed E-state index contributed by atoms with van der Waals surface area (Å²) in [6, 6.07) is 7.84. The molecule has 1 aromatic rings. The van der Waals surface area contributed by atoms with Crippen LogP contribution in [0.15, 0.2) is 24.3 Å². The Hall–Kier alpha value is -0.980. The summed E-state index contributed by atoms with van der Waals surface area (Å²) in [6.07, 6.45) is 0.871. The lowest BCUT2D eigenvalue weighted by molar-refractivity contribution is 0.0759. The third kappa shape index (κ3) is 4.26. The molecule has 0 saturated carbocycles. The summed E-state index contributed by atoms with van der Waals surface area (Å²) in [4.78, 5) is 2.69. The van der Waals surface area contributed by atoms with E-state index in [0.717, 1.165) is 17.7 Å². The highest BCUT2D eigenvalue weighted by molar-refractivity contribution is 9.12. The number of hydrogen-bond donors (Lipinski definition) is 0. The van der Waals surface area contributed by atoms with Gasteiger partial charge in [0.1, 0.15) is 11.9 Å². The van der Waals surface area contributed by atoms with Crippen molar-refractivity contribution in [3.63, 3.8) is 0 Å². The first-order valence-electron chi connectivity index (χ1n) is 5.15. The summed E-state index contributed by atoms with van der Waals surface area (Å²) in [5.41, 5.74) is 1.12. The maximum atomic E-state index is 5.65. The number of methoxy groups -OCH3 is 1. The van der Waals surface area contributed by atoms with Gasteiger partial charge in [-0.05, 0) is 28.9 Å². The molecule has 0 unspecified atom stereocenters. The van der Waals surface area contributed by atoms with E-state index in [-0.39, 0.29) is 6.10 Å². The van der Waals surface area contributed by atoms with Gasteiger partial charge in [0, 0.05) is 15.9 Å². The second kappa shape index (κ2) is 7.32. The van der Waals surface area contributed by atoms with Gasteiger partial charge < -0.3 is 9.47 Å². The summed E-state index contributed by atoms with van der Waals surface area (Å²) < 4.78 is 10.7. The van der Waals surface area contributed by atoms with Gasteiger partial charge in [0.05, 0.1) is 13.7 Å². The topological polar surface area (TPSA) is 18.5 Å². The monoisotopic (exact) mass is 282 g/mol. The maximum absolute atomic E-state index is 5.65. The highest BCUT2D eigenvalue weighted by Crippen LogP contribution is 2.12. The van der Waals surface area contributed by atoms with Crippen LogP contribution >= 0.6 is 15.9 Å². The molecule has 0 bridgehead atoms. The van der Waals surface area contributed by atoms with Gasteiger partial charge in [0.25, 0.3) is 0 Å². The van der Waals surface area contributed by atoms with Crippen LogP contribution in [0.4, 0.5) is 0 Å². The third-order valence-corrected chi connectivity index (χ3v) is 2.43. The predicted molar refractivity (Wildman–Crippen MR) is 68.6 cm³/mol. The van der Waals surface area contributed by atoms with Crippen molar-refractivity contribution in [2.24, 2.45) is 0 Å². The van der Waals surface area contributed by atoms with Gasteiger partial charge in [-0.1, -0.05) is 25.0 Å². The smallest absolute Gasteiger partial charge is 0.119 e. The van der Waals surface area contributed by atoms with Crippen LogP contribution < -0.4 is 4.74 Å². The Balaban J connectivity index is 2.49.